The van der Waals surface area contributed by atoms with Gasteiger partial charge in [0.05, 0.1) is 12.5 Å². The van der Waals surface area contributed by atoms with Gasteiger partial charge in [0.15, 0.2) is 0 Å². The second-order valence-corrected chi connectivity index (χ2v) is 8.94. The molecule has 0 bridgehead atoms. The Morgan fingerprint density at radius 1 is 1.07 bits per heavy atom. The Labute approximate surface area is 170 Å². The average Bonchev–Trinajstić information content (AvgIpc) is 3.38. The van der Waals surface area contributed by atoms with Crippen LogP contribution < -0.4 is 5.73 Å². The molecule has 0 saturated carbocycles. The molecular weight excluding hydrogens is 370 g/mol. The number of nitrogens with two attached hydrogens (primary N) is 1. The van der Waals surface area contributed by atoms with Crippen LogP contribution in [-0.4, -0.2) is 53.8 Å². The van der Waals surface area contributed by atoms with Gasteiger partial charge in [-0.2, -0.15) is 0 Å². The Balaban J connectivity index is 1.33. The first-order valence-electron chi connectivity index (χ1n) is 9.99. The predicted octanol–water partition coefficient (Wildman–Crippen LogP) is 2.17. The van der Waals surface area contributed by atoms with Crippen LogP contribution in [0.15, 0.2) is 47.8 Å². The SMILES string of the molecule is NC(=O)C1[C@@H]2CN(C(=O)Cc3cccs3)CC2CN1CCCc1ccccc1. The normalized spacial score (nSPS) is 24.4. The number of carbonyl (C=O) groups excluding carboxylic acids is 2. The summed E-state index contributed by atoms with van der Waals surface area (Å²) in [7, 11) is 0. The molecule has 1 aromatic heterocycles. The van der Waals surface area contributed by atoms with E-state index in [-0.39, 0.29) is 23.8 Å². The van der Waals surface area contributed by atoms with Crippen LogP contribution in [-0.2, 0) is 22.4 Å². The van der Waals surface area contributed by atoms with Gasteiger partial charge in [-0.1, -0.05) is 36.4 Å². The molecule has 0 spiro atoms. The Bertz CT molecular complexity index is 808. The number of primary amides is 1. The third kappa shape index (κ3) is 4.13. The second kappa shape index (κ2) is 8.45. The third-order valence-corrected chi connectivity index (χ3v) is 6.94. The van der Waals surface area contributed by atoms with Crippen LogP contribution >= 0.6 is 11.3 Å². The highest BCUT2D eigenvalue weighted by Gasteiger charge is 2.49. The highest BCUT2D eigenvalue weighted by molar-refractivity contribution is 7.10. The molecule has 6 heteroatoms. The van der Waals surface area contributed by atoms with Gasteiger partial charge in [-0.05, 0) is 42.3 Å². The topological polar surface area (TPSA) is 66.6 Å². The Morgan fingerprint density at radius 3 is 2.61 bits per heavy atom. The summed E-state index contributed by atoms with van der Waals surface area (Å²) >= 11 is 1.61. The van der Waals surface area contributed by atoms with Crippen LogP contribution in [0.4, 0.5) is 0 Å². The van der Waals surface area contributed by atoms with Crippen LogP contribution in [0.25, 0.3) is 0 Å². The number of nitrogens with zero attached hydrogens (tertiary/aromatic N) is 2. The summed E-state index contributed by atoms with van der Waals surface area (Å²) in [6.45, 7) is 3.12. The van der Waals surface area contributed by atoms with Gasteiger partial charge in [-0.15, -0.1) is 11.3 Å². The zero-order chi connectivity index (χ0) is 19.5. The number of fused-ring (bicyclic) bond motifs is 1. The van der Waals surface area contributed by atoms with E-state index in [1.807, 2.05) is 28.5 Å². The molecule has 0 radical (unpaired) electrons. The number of amides is 2. The fraction of sp³-hybridized carbons (Fsp3) is 0.455. The van der Waals surface area contributed by atoms with Crippen molar-refractivity contribution in [2.45, 2.75) is 25.3 Å². The standard InChI is InChI=1S/C22H27N3O2S/c23-22(27)21-19-15-25(20(26)12-18-9-5-11-28-18)14-17(19)13-24(21)10-4-8-16-6-2-1-3-7-16/h1-3,5-7,9,11,17,19,21H,4,8,10,12-15H2,(H2,23,27)/t17?,19-,21?/m1/s1. The van der Waals surface area contributed by atoms with E-state index in [9.17, 15) is 9.59 Å². The van der Waals surface area contributed by atoms with E-state index in [2.05, 4.69) is 29.2 Å². The molecule has 2 saturated heterocycles. The summed E-state index contributed by atoms with van der Waals surface area (Å²) in [5.74, 6) is 0.429. The molecule has 5 nitrogen and oxygen atoms in total. The highest BCUT2D eigenvalue weighted by Crippen LogP contribution is 2.36. The van der Waals surface area contributed by atoms with Gasteiger partial charge in [-0.25, -0.2) is 0 Å². The van der Waals surface area contributed by atoms with E-state index in [1.54, 1.807) is 11.3 Å². The van der Waals surface area contributed by atoms with Gasteiger partial charge < -0.3 is 10.6 Å². The molecule has 3 atom stereocenters. The summed E-state index contributed by atoms with van der Waals surface area (Å²) in [6.07, 6.45) is 2.47. The molecule has 2 amide bonds. The molecule has 2 fully saturated rings. The largest absolute Gasteiger partial charge is 0.368 e. The van der Waals surface area contributed by atoms with Crippen molar-refractivity contribution in [3.05, 3.63) is 58.3 Å². The van der Waals surface area contributed by atoms with Crippen molar-refractivity contribution < 1.29 is 9.59 Å². The van der Waals surface area contributed by atoms with Crippen molar-refractivity contribution in [1.82, 2.24) is 9.80 Å². The average molecular weight is 398 g/mol. The zero-order valence-electron chi connectivity index (χ0n) is 16.0. The quantitative estimate of drug-likeness (QED) is 0.779. The lowest BCUT2D eigenvalue weighted by atomic mass is 9.94. The van der Waals surface area contributed by atoms with Crippen LogP contribution in [0, 0.1) is 11.8 Å². The van der Waals surface area contributed by atoms with Crippen molar-refractivity contribution >= 4 is 23.2 Å². The predicted molar refractivity (Wildman–Crippen MR) is 111 cm³/mol. The minimum absolute atomic E-state index is 0.163. The number of likely N-dealkylation sites (tertiary alicyclic amines) is 2. The maximum absolute atomic E-state index is 12.6. The molecule has 2 aromatic rings. The van der Waals surface area contributed by atoms with Gasteiger partial charge in [-0.3, -0.25) is 14.5 Å². The Kier molecular flexibility index (Phi) is 5.78. The number of carbonyl (C=O) groups is 2. The van der Waals surface area contributed by atoms with Gasteiger partial charge >= 0.3 is 0 Å². The molecule has 2 unspecified atom stereocenters. The van der Waals surface area contributed by atoms with Crippen molar-refractivity contribution in [3.8, 4) is 0 Å². The summed E-state index contributed by atoms with van der Waals surface area (Å²) in [5, 5.41) is 2.00. The molecule has 4 rings (SSSR count). The first-order valence-corrected chi connectivity index (χ1v) is 10.9. The lowest BCUT2D eigenvalue weighted by Crippen LogP contribution is -2.46. The summed E-state index contributed by atoms with van der Waals surface area (Å²) in [4.78, 5) is 30.1. The number of rotatable bonds is 7. The van der Waals surface area contributed by atoms with E-state index in [4.69, 9.17) is 5.73 Å². The fourth-order valence-corrected chi connectivity index (χ4v) is 5.46. The zero-order valence-corrected chi connectivity index (χ0v) is 16.8. The van der Waals surface area contributed by atoms with E-state index in [0.717, 1.165) is 37.4 Å². The van der Waals surface area contributed by atoms with Gasteiger partial charge in [0, 0.05) is 30.4 Å². The fourth-order valence-electron chi connectivity index (χ4n) is 4.76. The molecule has 0 aliphatic carbocycles. The summed E-state index contributed by atoms with van der Waals surface area (Å²) < 4.78 is 0. The third-order valence-electron chi connectivity index (χ3n) is 6.06. The number of benzene rings is 1. The van der Waals surface area contributed by atoms with Crippen LogP contribution in [0.2, 0.25) is 0 Å². The Hall–Kier alpha value is -2.18. The summed E-state index contributed by atoms with van der Waals surface area (Å²) in [6, 6.07) is 14.2. The maximum atomic E-state index is 12.6. The maximum Gasteiger partial charge on any atom is 0.235 e. The molecule has 1 aromatic carbocycles. The molecule has 148 valence electrons. The van der Waals surface area contributed by atoms with Crippen molar-refractivity contribution in [1.29, 1.82) is 0 Å². The lowest BCUT2D eigenvalue weighted by Gasteiger charge is -2.27. The second-order valence-electron chi connectivity index (χ2n) is 7.91. The van der Waals surface area contributed by atoms with Crippen molar-refractivity contribution in [2.24, 2.45) is 17.6 Å². The minimum Gasteiger partial charge on any atom is -0.368 e. The van der Waals surface area contributed by atoms with Gasteiger partial charge in [0.2, 0.25) is 11.8 Å². The van der Waals surface area contributed by atoms with E-state index >= 15 is 0 Å². The number of hydrogen-bond donors (Lipinski definition) is 1. The van der Waals surface area contributed by atoms with Crippen LogP contribution in [0.3, 0.4) is 0 Å². The van der Waals surface area contributed by atoms with E-state index in [1.165, 1.54) is 5.56 Å². The Morgan fingerprint density at radius 2 is 1.89 bits per heavy atom. The lowest BCUT2D eigenvalue weighted by molar-refractivity contribution is -0.130. The first kappa shape index (κ1) is 19.2. The summed E-state index contributed by atoms with van der Waals surface area (Å²) in [5.41, 5.74) is 7.10. The molecular formula is C22H27N3O2S. The molecule has 2 N–H and O–H groups in total. The molecule has 2 aliphatic rings. The molecule has 2 aliphatic heterocycles. The number of thiophene rings is 1. The smallest absolute Gasteiger partial charge is 0.235 e. The van der Waals surface area contributed by atoms with Crippen LogP contribution in [0.5, 0.6) is 0 Å². The molecule has 28 heavy (non-hydrogen) atoms. The number of hydrogen-bond acceptors (Lipinski definition) is 4. The first-order chi connectivity index (χ1) is 13.6. The van der Waals surface area contributed by atoms with Gasteiger partial charge in [0.25, 0.3) is 0 Å². The van der Waals surface area contributed by atoms with Crippen molar-refractivity contribution in [2.75, 3.05) is 26.2 Å². The highest BCUT2D eigenvalue weighted by atomic mass is 32.1. The monoisotopic (exact) mass is 397 g/mol. The van der Waals surface area contributed by atoms with Crippen LogP contribution in [0.1, 0.15) is 16.9 Å². The van der Waals surface area contributed by atoms with E-state index in [0.29, 0.717) is 18.9 Å². The van der Waals surface area contributed by atoms with Crippen molar-refractivity contribution in [3.63, 3.8) is 0 Å². The minimum atomic E-state index is -0.250. The van der Waals surface area contributed by atoms with Gasteiger partial charge in [0.1, 0.15) is 0 Å². The molecule has 3 heterocycles. The van der Waals surface area contributed by atoms with E-state index < -0.39 is 0 Å². The number of aryl methyl sites for hydroxylation is 1.